The first-order valence-electron chi connectivity index (χ1n) is 5.42. The Hall–Kier alpha value is -1.61. The highest BCUT2D eigenvalue weighted by atomic mass is 16.4. The molecule has 0 radical (unpaired) electrons. The summed E-state index contributed by atoms with van der Waals surface area (Å²) < 4.78 is 0. The third kappa shape index (κ3) is 4.28. The van der Waals surface area contributed by atoms with Gasteiger partial charge in [-0.2, -0.15) is 0 Å². The Morgan fingerprint density at radius 1 is 1.31 bits per heavy atom. The van der Waals surface area contributed by atoms with Gasteiger partial charge < -0.3 is 10.4 Å². The van der Waals surface area contributed by atoms with Crippen LogP contribution in [0.1, 0.15) is 29.3 Å². The number of carboxylic acid groups (broad SMARTS) is 1. The van der Waals surface area contributed by atoms with Crippen LogP contribution < -0.4 is 5.32 Å². The fraction of sp³-hybridized carbons (Fsp3) is 0.308. The van der Waals surface area contributed by atoms with Crippen LogP contribution >= 0.6 is 0 Å². The molecule has 0 saturated carbocycles. The molecule has 3 heteroatoms. The molecule has 0 heterocycles. The molecule has 0 aliphatic heterocycles. The van der Waals surface area contributed by atoms with Crippen LogP contribution in [0.25, 0.3) is 0 Å². The van der Waals surface area contributed by atoms with Crippen molar-refractivity contribution in [2.45, 2.75) is 19.9 Å². The van der Waals surface area contributed by atoms with Crippen molar-refractivity contribution in [3.05, 3.63) is 47.5 Å². The van der Waals surface area contributed by atoms with Crippen LogP contribution in [-0.2, 0) is 6.54 Å². The van der Waals surface area contributed by atoms with Crippen molar-refractivity contribution in [1.29, 1.82) is 0 Å². The zero-order valence-corrected chi connectivity index (χ0v) is 9.44. The van der Waals surface area contributed by atoms with Crippen molar-refractivity contribution in [2.24, 2.45) is 0 Å². The molecule has 1 aromatic rings. The molecule has 3 nitrogen and oxygen atoms in total. The SMILES string of the molecule is CC/C=C/CNCc1ccc(C(=O)O)cc1. The van der Waals surface area contributed by atoms with Gasteiger partial charge in [-0.05, 0) is 24.1 Å². The van der Waals surface area contributed by atoms with Gasteiger partial charge in [-0.1, -0.05) is 31.2 Å². The van der Waals surface area contributed by atoms with Crippen LogP contribution in [0.15, 0.2) is 36.4 Å². The summed E-state index contributed by atoms with van der Waals surface area (Å²) in [5.41, 5.74) is 1.42. The Morgan fingerprint density at radius 2 is 2.00 bits per heavy atom. The van der Waals surface area contributed by atoms with E-state index in [1.807, 2.05) is 12.1 Å². The first-order chi connectivity index (χ1) is 7.74. The lowest BCUT2D eigenvalue weighted by atomic mass is 10.1. The van der Waals surface area contributed by atoms with Crippen molar-refractivity contribution >= 4 is 5.97 Å². The highest BCUT2D eigenvalue weighted by Gasteiger charge is 2.00. The second-order valence-electron chi connectivity index (χ2n) is 3.51. The van der Waals surface area contributed by atoms with Crippen molar-refractivity contribution in [1.82, 2.24) is 5.32 Å². The van der Waals surface area contributed by atoms with Crippen LogP contribution in [0.3, 0.4) is 0 Å². The predicted octanol–water partition coefficient (Wildman–Crippen LogP) is 2.44. The maximum Gasteiger partial charge on any atom is 0.335 e. The molecule has 1 rings (SSSR count). The van der Waals surface area contributed by atoms with E-state index in [0.29, 0.717) is 5.56 Å². The minimum atomic E-state index is -0.884. The van der Waals surface area contributed by atoms with E-state index >= 15 is 0 Å². The summed E-state index contributed by atoms with van der Waals surface area (Å²) in [4.78, 5) is 10.6. The number of allylic oxidation sites excluding steroid dienone is 1. The van der Waals surface area contributed by atoms with Crippen molar-refractivity contribution in [2.75, 3.05) is 6.54 Å². The Bertz CT molecular complexity index is 355. The van der Waals surface area contributed by atoms with Crippen molar-refractivity contribution < 1.29 is 9.90 Å². The van der Waals surface area contributed by atoms with Gasteiger partial charge in [-0.3, -0.25) is 0 Å². The molecule has 0 aliphatic rings. The number of nitrogens with one attached hydrogen (secondary N) is 1. The van der Waals surface area contributed by atoms with E-state index in [1.54, 1.807) is 12.1 Å². The summed E-state index contributed by atoms with van der Waals surface area (Å²) in [5.74, 6) is -0.884. The fourth-order valence-corrected chi connectivity index (χ4v) is 1.32. The lowest BCUT2D eigenvalue weighted by molar-refractivity contribution is 0.0697. The second-order valence-corrected chi connectivity index (χ2v) is 3.51. The number of carboxylic acids is 1. The molecule has 0 aromatic heterocycles. The van der Waals surface area contributed by atoms with E-state index in [9.17, 15) is 4.79 Å². The average molecular weight is 219 g/mol. The van der Waals surface area contributed by atoms with Gasteiger partial charge in [-0.15, -0.1) is 0 Å². The van der Waals surface area contributed by atoms with Gasteiger partial charge in [0, 0.05) is 13.1 Å². The van der Waals surface area contributed by atoms with Crippen LogP contribution in [-0.4, -0.2) is 17.6 Å². The van der Waals surface area contributed by atoms with Gasteiger partial charge in [0.1, 0.15) is 0 Å². The Labute approximate surface area is 95.8 Å². The van der Waals surface area contributed by atoms with E-state index in [2.05, 4.69) is 24.4 Å². The van der Waals surface area contributed by atoms with E-state index in [4.69, 9.17) is 5.11 Å². The molecule has 86 valence electrons. The smallest absolute Gasteiger partial charge is 0.335 e. The van der Waals surface area contributed by atoms with E-state index in [0.717, 1.165) is 25.1 Å². The first-order valence-corrected chi connectivity index (χ1v) is 5.42. The Balaban J connectivity index is 2.37. The van der Waals surface area contributed by atoms with Gasteiger partial charge in [-0.25, -0.2) is 4.79 Å². The Kier molecular flexibility index (Phi) is 5.29. The maximum absolute atomic E-state index is 10.6. The minimum absolute atomic E-state index is 0.328. The minimum Gasteiger partial charge on any atom is -0.478 e. The van der Waals surface area contributed by atoms with Gasteiger partial charge >= 0.3 is 5.97 Å². The molecule has 0 aliphatic carbocycles. The predicted molar refractivity (Wildman–Crippen MR) is 64.5 cm³/mol. The number of hydrogen-bond donors (Lipinski definition) is 2. The number of rotatable bonds is 6. The largest absolute Gasteiger partial charge is 0.478 e. The summed E-state index contributed by atoms with van der Waals surface area (Å²) in [5, 5.41) is 12.0. The average Bonchev–Trinajstić information content (AvgIpc) is 2.29. The van der Waals surface area contributed by atoms with E-state index in [-0.39, 0.29) is 0 Å². The lowest BCUT2D eigenvalue weighted by Crippen LogP contribution is -2.12. The van der Waals surface area contributed by atoms with Crippen LogP contribution in [0.4, 0.5) is 0 Å². The first kappa shape index (κ1) is 12.5. The van der Waals surface area contributed by atoms with Gasteiger partial charge in [0.15, 0.2) is 0 Å². The summed E-state index contributed by atoms with van der Waals surface area (Å²) in [6, 6.07) is 6.92. The Morgan fingerprint density at radius 3 is 2.56 bits per heavy atom. The molecule has 0 unspecified atom stereocenters. The monoisotopic (exact) mass is 219 g/mol. The standard InChI is InChI=1S/C13H17NO2/c1-2-3-4-9-14-10-11-5-7-12(8-6-11)13(15)16/h3-8,14H,2,9-10H2,1H3,(H,15,16)/b4-3+. The quantitative estimate of drug-likeness (QED) is 0.570. The van der Waals surface area contributed by atoms with Gasteiger partial charge in [0.05, 0.1) is 5.56 Å². The normalized spacial score (nSPS) is 10.8. The number of hydrogen-bond acceptors (Lipinski definition) is 2. The third-order valence-corrected chi connectivity index (χ3v) is 2.19. The number of aromatic carboxylic acids is 1. The summed E-state index contributed by atoms with van der Waals surface area (Å²) in [6.07, 6.45) is 5.25. The van der Waals surface area contributed by atoms with Crippen LogP contribution in [0.5, 0.6) is 0 Å². The molecular formula is C13H17NO2. The summed E-state index contributed by atoms with van der Waals surface area (Å²) in [7, 11) is 0. The van der Waals surface area contributed by atoms with E-state index in [1.165, 1.54) is 0 Å². The molecule has 16 heavy (non-hydrogen) atoms. The highest BCUT2D eigenvalue weighted by molar-refractivity contribution is 5.87. The molecule has 0 amide bonds. The van der Waals surface area contributed by atoms with Crippen molar-refractivity contribution in [3.8, 4) is 0 Å². The molecule has 0 bridgehead atoms. The molecular weight excluding hydrogens is 202 g/mol. The zero-order valence-electron chi connectivity index (χ0n) is 9.44. The molecule has 2 N–H and O–H groups in total. The topological polar surface area (TPSA) is 49.3 Å². The van der Waals surface area contributed by atoms with Gasteiger partial charge in [0.25, 0.3) is 0 Å². The molecule has 0 atom stereocenters. The van der Waals surface area contributed by atoms with Crippen LogP contribution in [0, 0.1) is 0 Å². The molecule has 0 fully saturated rings. The molecule has 0 spiro atoms. The second kappa shape index (κ2) is 6.80. The number of carbonyl (C=O) groups is 1. The van der Waals surface area contributed by atoms with Crippen molar-refractivity contribution in [3.63, 3.8) is 0 Å². The summed E-state index contributed by atoms with van der Waals surface area (Å²) in [6.45, 7) is 3.70. The fourth-order valence-electron chi connectivity index (χ4n) is 1.32. The van der Waals surface area contributed by atoms with Gasteiger partial charge in [0.2, 0.25) is 0 Å². The highest BCUT2D eigenvalue weighted by Crippen LogP contribution is 2.03. The van der Waals surface area contributed by atoms with Crippen LogP contribution in [0.2, 0.25) is 0 Å². The van der Waals surface area contributed by atoms with E-state index < -0.39 is 5.97 Å². The third-order valence-electron chi connectivity index (χ3n) is 2.19. The molecule has 0 saturated heterocycles. The maximum atomic E-state index is 10.6. The molecule has 1 aromatic carbocycles. The zero-order chi connectivity index (χ0) is 11.8. The lowest BCUT2D eigenvalue weighted by Gasteiger charge is -2.02. The number of benzene rings is 1. The summed E-state index contributed by atoms with van der Waals surface area (Å²) >= 11 is 0.